The average molecular weight is 414 g/mol. The summed E-state index contributed by atoms with van der Waals surface area (Å²) >= 11 is 0. The molecule has 2 aliphatic heterocycles. The fourth-order valence-corrected chi connectivity index (χ4v) is 4.94. The summed E-state index contributed by atoms with van der Waals surface area (Å²) < 4.78 is 0. The maximum Gasteiger partial charge on any atom is 0.236 e. The number of piperazine rings is 2. The number of hydrogen-bond donors (Lipinski definition) is 0. The van der Waals surface area contributed by atoms with Crippen molar-refractivity contribution < 1.29 is 9.59 Å². The van der Waals surface area contributed by atoms with Crippen LogP contribution in [0.4, 0.5) is 5.82 Å². The van der Waals surface area contributed by atoms with E-state index >= 15 is 0 Å². The summed E-state index contributed by atoms with van der Waals surface area (Å²) in [6.45, 7) is 6.72. The number of anilines is 1. The SMILES string of the molecule is O=C(CC1CCCCC1)N1CCN(CC(=O)N2CCN(c3ccccn3)CC2)CC1. The van der Waals surface area contributed by atoms with Crippen LogP contribution in [0.25, 0.3) is 0 Å². The molecule has 0 bridgehead atoms. The summed E-state index contributed by atoms with van der Waals surface area (Å²) in [5, 5.41) is 0. The number of carbonyl (C=O) groups is 2. The number of rotatable bonds is 5. The van der Waals surface area contributed by atoms with Crippen LogP contribution in [0.2, 0.25) is 0 Å². The van der Waals surface area contributed by atoms with Gasteiger partial charge in [-0.1, -0.05) is 25.3 Å². The first-order valence-electron chi connectivity index (χ1n) is 11.6. The fraction of sp³-hybridized carbons (Fsp3) is 0.696. The van der Waals surface area contributed by atoms with Crippen molar-refractivity contribution in [3.05, 3.63) is 24.4 Å². The second-order valence-corrected chi connectivity index (χ2v) is 8.92. The molecule has 2 amide bonds. The minimum Gasteiger partial charge on any atom is -0.353 e. The monoisotopic (exact) mass is 413 g/mol. The maximum atomic E-state index is 12.8. The quantitative estimate of drug-likeness (QED) is 0.737. The smallest absolute Gasteiger partial charge is 0.236 e. The highest BCUT2D eigenvalue weighted by Gasteiger charge is 2.27. The fourth-order valence-electron chi connectivity index (χ4n) is 4.94. The molecule has 0 aromatic carbocycles. The van der Waals surface area contributed by atoms with Crippen molar-refractivity contribution in [3.8, 4) is 0 Å². The van der Waals surface area contributed by atoms with Crippen LogP contribution >= 0.6 is 0 Å². The standard InChI is InChI=1S/C23H35N5O2/c29-22(18-20-6-2-1-3-7-20)27-12-10-25(11-13-27)19-23(30)28-16-14-26(15-17-28)21-8-4-5-9-24-21/h4-5,8-9,20H,1-3,6-7,10-19H2. The molecule has 3 aliphatic rings. The second kappa shape index (κ2) is 10.2. The first-order chi connectivity index (χ1) is 14.7. The Balaban J connectivity index is 1.16. The summed E-state index contributed by atoms with van der Waals surface area (Å²) in [6, 6.07) is 5.94. The molecular weight excluding hydrogens is 378 g/mol. The molecule has 1 aromatic heterocycles. The Labute approximate surface area is 180 Å². The predicted molar refractivity (Wildman–Crippen MR) is 117 cm³/mol. The minimum atomic E-state index is 0.206. The molecule has 164 valence electrons. The molecule has 0 spiro atoms. The highest BCUT2D eigenvalue weighted by Crippen LogP contribution is 2.27. The van der Waals surface area contributed by atoms with Gasteiger partial charge in [-0.2, -0.15) is 0 Å². The largest absolute Gasteiger partial charge is 0.353 e. The van der Waals surface area contributed by atoms with Gasteiger partial charge in [-0.05, 0) is 30.9 Å². The Morgan fingerprint density at radius 3 is 2.17 bits per heavy atom. The zero-order chi connectivity index (χ0) is 20.8. The summed E-state index contributed by atoms with van der Waals surface area (Å²) in [6.07, 6.45) is 8.86. The molecule has 3 fully saturated rings. The highest BCUT2D eigenvalue weighted by molar-refractivity contribution is 5.79. The molecule has 7 heteroatoms. The van der Waals surface area contributed by atoms with E-state index in [1.165, 1.54) is 32.1 Å². The zero-order valence-electron chi connectivity index (χ0n) is 18.0. The van der Waals surface area contributed by atoms with E-state index in [0.29, 0.717) is 18.4 Å². The van der Waals surface area contributed by atoms with Gasteiger partial charge < -0.3 is 14.7 Å². The first kappa shape index (κ1) is 21.1. The van der Waals surface area contributed by atoms with Crippen LogP contribution in [-0.2, 0) is 9.59 Å². The molecule has 0 N–H and O–H groups in total. The van der Waals surface area contributed by atoms with Gasteiger partial charge in [0.05, 0.1) is 6.54 Å². The highest BCUT2D eigenvalue weighted by atomic mass is 16.2. The molecule has 0 unspecified atom stereocenters. The van der Waals surface area contributed by atoms with Crippen molar-refractivity contribution in [2.45, 2.75) is 38.5 Å². The molecule has 1 aromatic rings. The Morgan fingerprint density at radius 1 is 0.833 bits per heavy atom. The molecule has 7 nitrogen and oxygen atoms in total. The van der Waals surface area contributed by atoms with E-state index in [9.17, 15) is 9.59 Å². The van der Waals surface area contributed by atoms with Gasteiger partial charge in [0.25, 0.3) is 0 Å². The van der Waals surface area contributed by atoms with Crippen molar-refractivity contribution in [3.63, 3.8) is 0 Å². The van der Waals surface area contributed by atoms with E-state index in [-0.39, 0.29) is 5.91 Å². The van der Waals surface area contributed by atoms with E-state index in [4.69, 9.17) is 0 Å². The van der Waals surface area contributed by atoms with Gasteiger partial charge >= 0.3 is 0 Å². The van der Waals surface area contributed by atoms with Gasteiger partial charge in [-0.15, -0.1) is 0 Å². The average Bonchev–Trinajstić information content (AvgIpc) is 2.81. The summed E-state index contributed by atoms with van der Waals surface area (Å²) in [5.41, 5.74) is 0. The van der Waals surface area contributed by atoms with Gasteiger partial charge in [0.2, 0.25) is 11.8 Å². The second-order valence-electron chi connectivity index (χ2n) is 8.92. The molecule has 1 saturated carbocycles. The van der Waals surface area contributed by atoms with Crippen molar-refractivity contribution in [1.29, 1.82) is 0 Å². The van der Waals surface area contributed by atoms with Crippen LogP contribution in [0.3, 0.4) is 0 Å². The van der Waals surface area contributed by atoms with Crippen LogP contribution in [0.15, 0.2) is 24.4 Å². The van der Waals surface area contributed by atoms with Crippen molar-refractivity contribution in [2.75, 3.05) is 63.8 Å². The number of aromatic nitrogens is 1. The minimum absolute atomic E-state index is 0.206. The van der Waals surface area contributed by atoms with E-state index in [2.05, 4.69) is 14.8 Å². The zero-order valence-corrected chi connectivity index (χ0v) is 18.0. The molecule has 4 rings (SSSR count). The molecule has 1 aliphatic carbocycles. The van der Waals surface area contributed by atoms with Crippen LogP contribution in [0.1, 0.15) is 38.5 Å². The molecule has 0 radical (unpaired) electrons. The Bertz CT molecular complexity index is 691. The van der Waals surface area contributed by atoms with Crippen molar-refractivity contribution in [2.24, 2.45) is 5.92 Å². The van der Waals surface area contributed by atoms with Gasteiger partial charge in [-0.25, -0.2) is 4.98 Å². The number of hydrogen-bond acceptors (Lipinski definition) is 5. The molecule has 30 heavy (non-hydrogen) atoms. The van der Waals surface area contributed by atoms with E-state index < -0.39 is 0 Å². The van der Waals surface area contributed by atoms with Gasteiger partial charge in [-0.3, -0.25) is 14.5 Å². The third-order valence-corrected chi connectivity index (χ3v) is 6.88. The normalized spacial score (nSPS) is 21.7. The lowest BCUT2D eigenvalue weighted by atomic mass is 9.86. The molecule has 3 heterocycles. The lowest BCUT2D eigenvalue weighted by Gasteiger charge is -2.38. The third-order valence-electron chi connectivity index (χ3n) is 6.88. The Kier molecular flexibility index (Phi) is 7.20. The van der Waals surface area contributed by atoms with Crippen LogP contribution < -0.4 is 4.90 Å². The van der Waals surface area contributed by atoms with Crippen LogP contribution in [-0.4, -0.2) is 90.4 Å². The predicted octanol–water partition coefficient (Wildman–Crippen LogP) is 1.84. The van der Waals surface area contributed by atoms with E-state index in [1.54, 1.807) is 0 Å². The number of carbonyl (C=O) groups excluding carboxylic acids is 2. The molecule has 2 saturated heterocycles. The summed E-state index contributed by atoms with van der Waals surface area (Å²) in [7, 11) is 0. The van der Waals surface area contributed by atoms with E-state index in [0.717, 1.165) is 64.6 Å². The van der Waals surface area contributed by atoms with Crippen molar-refractivity contribution in [1.82, 2.24) is 19.7 Å². The lowest BCUT2D eigenvalue weighted by molar-refractivity contribution is -0.136. The van der Waals surface area contributed by atoms with Gasteiger partial charge in [0, 0.05) is 65.0 Å². The summed E-state index contributed by atoms with van der Waals surface area (Å²) in [5.74, 6) is 2.10. The molecule has 0 atom stereocenters. The molecular formula is C23H35N5O2. The Morgan fingerprint density at radius 2 is 1.50 bits per heavy atom. The third kappa shape index (κ3) is 5.50. The van der Waals surface area contributed by atoms with Gasteiger partial charge in [0.1, 0.15) is 5.82 Å². The summed E-state index contributed by atoms with van der Waals surface area (Å²) in [4.78, 5) is 38.2. The first-order valence-corrected chi connectivity index (χ1v) is 11.6. The van der Waals surface area contributed by atoms with Crippen molar-refractivity contribution >= 4 is 17.6 Å². The topological polar surface area (TPSA) is 60.0 Å². The van der Waals surface area contributed by atoms with E-state index in [1.807, 2.05) is 34.2 Å². The van der Waals surface area contributed by atoms with Crippen LogP contribution in [0.5, 0.6) is 0 Å². The maximum absolute atomic E-state index is 12.8. The van der Waals surface area contributed by atoms with Gasteiger partial charge in [0.15, 0.2) is 0 Å². The lowest BCUT2D eigenvalue weighted by Crippen LogP contribution is -2.54. The number of pyridine rings is 1. The van der Waals surface area contributed by atoms with Crippen LogP contribution in [0, 0.1) is 5.92 Å². The Hall–Kier alpha value is -2.15. The number of amides is 2. The number of nitrogens with zero attached hydrogens (tertiary/aromatic N) is 5.